The number of para-hydroxylation sites is 1. The van der Waals surface area contributed by atoms with Crippen LogP contribution in [0.2, 0.25) is 5.15 Å². The van der Waals surface area contributed by atoms with Crippen LogP contribution in [0.4, 0.5) is 17.2 Å². The Bertz CT molecular complexity index is 674. The smallest absolute Gasteiger partial charge is 0.348 e. The van der Waals surface area contributed by atoms with Crippen LogP contribution in [0.5, 0.6) is 0 Å². The predicted octanol–water partition coefficient (Wildman–Crippen LogP) is 2.36. The lowest BCUT2D eigenvalue weighted by molar-refractivity contribution is -0.384. The minimum atomic E-state index is -0.527. The van der Waals surface area contributed by atoms with Crippen molar-refractivity contribution in [1.82, 2.24) is 9.97 Å². The second-order valence-corrected chi connectivity index (χ2v) is 5.26. The highest BCUT2D eigenvalue weighted by atomic mass is 35.5. The average molecular weight is 320 g/mol. The lowest BCUT2D eigenvalue weighted by Crippen LogP contribution is -2.47. The number of rotatable bonds is 3. The summed E-state index contributed by atoms with van der Waals surface area (Å²) in [4.78, 5) is 22.5. The summed E-state index contributed by atoms with van der Waals surface area (Å²) in [5, 5.41) is 11.1. The molecule has 1 aliphatic rings. The van der Waals surface area contributed by atoms with E-state index >= 15 is 0 Å². The summed E-state index contributed by atoms with van der Waals surface area (Å²) >= 11 is 5.84. The molecule has 0 N–H and O–H groups in total. The fourth-order valence-electron chi connectivity index (χ4n) is 2.55. The molecule has 0 atom stereocenters. The van der Waals surface area contributed by atoms with Crippen molar-refractivity contribution in [2.24, 2.45) is 0 Å². The molecular weight excluding hydrogens is 306 g/mol. The summed E-state index contributed by atoms with van der Waals surface area (Å²) < 4.78 is 0. The van der Waals surface area contributed by atoms with Gasteiger partial charge in [0.1, 0.15) is 6.33 Å². The highest BCUT2D eigenvalue weighted by Gasteiger charge is 2.28. The first-order valence-corrected chi connectivity index (χ1v) is 7.24. The lowest BCUT2D eigenvalue weighted by atomic mass is 10.2. The Labute approximate surface area is 132 Å². The van der Waals surface area contributed by atoms with E-state index in [-0.39, 0.29) is 16.7 Å². The Morgan fingerprint density at radius 3 is 2.32 bits per heavy atom. The zero-order chi connectivity index (χ0) is 15.5. The largest absolute Gasteiger partial charge is 0.368 e. The van der Waals surface area contributed by atoms with Crippen LogP contribution >= 0.6 is 11.6 Å². The van der Waals surface area contributed by atoms with E-state index in [1.807, 2.05) is 23.1 Å². The monoisotopic (exact) mass is 319 g/mol. The van der Waals surface area contributed by atoms with E-state index in [0.29, 0.717) is 13.1 Å². The van der Waals surface area contributed by atoms with Gasteiger partial charge in [0.15, 0.2) is 0 Å². The third-order valence-corrected chi connectivity index (χ3v) is 3.92. The maximum absolute atomic E-state index is 11.2. The topological polar surface area (TPSA) is 75.4 Å². The van der Waals surface area contributed by atoms with Gasteiger partial charge in [-0.1, -0.05) is 29.8 Å². The Balaban J connectivity index is 1.77. The van der Waals surface area contributed by atoms with Gasteiger partial charge in [-0.15, -0.1) is 0 Å². The minimum Gasteiger partial charge on any atom is -0.368 e. The van der Waals surface area contributed by atoms with Crippen molar-refractivity contribution in [3.8, 4) is 0 Å². The number of nitrogens with zero attached hydrogens (tertiary/aromatic N) is 5. The van der Waals surface area contributed by atoms with Crippen LogP contribution in [-0.4, -0.2) is 41.1 Å². The second-order valence-electron chi connectivity index (χ2n) is 4.90. The summed E-state index contributed by atoms with van der Waals surface area (Å²) in [5.41, 5.74) is 0.926. The molecular formula is C14H14ClN5O2. The maximum atomic E-state index is 11.2. The molecule has 1 aliphatic heterocycles. The van der Waals surface area contributed by atoms with Crippen molar-refractivity contribution in [2.75, 3.05) is 36.0 Å². The molecule has 8 heteroatoms. The van der Waals surface area contributed by atoms with Crippen molar-refractivity contribution in [3.05, 3.63) is 51.9 Å². The summed E-state index contributed by atoms with van der Waals surface area (Å²) in [6.45, 7) is 2.82. The molecule has 1 aromatic carbocycles. The van der Waals surface area contributed by atoms with Gasteiger partial charge in [0.2, 0.25) is 11.0 Å². The molecule has 22 heavy (non-hydrogen) atoms. The number of halogens is 1. The predicted molar refractivity (Wildman–Crippen MR) is 84.6 cm³/mol. The lowest BCUT2D eigenvalue weighted by Gasteiger charge is -2.36. The van der Waals surface area contributed by atoms with Gasteiger partial charge in [-0.05, 0) is 12.1 Å². The van der Waals surface area contributed by atoms with Gasteiger partial charge >= 0.3 is 5.69 Å². The molecule has 0 spiro atoms. The highest BCUT2D eigenvalue weighted by molar-refractivity contribution is 6.31. The van der Waals surface area contributed by atoms with Crippen LogP contribution < -0.4 is 9.80 Å². The van der Waals surface area contributed by atoms with Crippen molar-refractivity contribution in [3.63, 3.8) is 0 Å². The highest BCUT2D eigenvalue weighted by Crippen LogP contribution is 2.32. The van der Waals surface area contributed by atoms with Crippen molar-refractivity contribution in [2.45, 2.75) is 0 Å². The van der Waals surface area contributed by atoms with Gasteiger partial charge in [0.25, 0.3) is 0 Å². The van der Waals surface area contributed by atoms with Gasteiger partial charge in [-0.3, -0.25) is 10.1 Å². The fourth-order valence-corrected chi connectivity index (χ4v) is 2.75. The van der Waals surface area contributed by atoms with Gasteiger partial charge < -0.3 is 9.80 Å². The molecule has 2 heterocycles. The summed E-state index contributed by atoms with van der Waals surface area (Å²) in [7, 11) is 0. The van der Waals surface area contributed by atoms with E-state index in [4.69, 9.17) is 11.6 Å². The Morgan fingerprint density at radius 1 is 1.05 bits per heavy atom. The van der Waals surface area contributed by atoms with Gasteiger partial charge in [-0.2, -0.15) is 0 Å². The van der Waals surface area contributed by atoms with Crippen molar-refractivity contribution >= 4 is 28.8 Å². The van der Waals surface area contributed by atoms with Crippen molar-refractivity contribution < 1.29 is 4.92 Å². The fraction of sp³-hybridized carbons (Fsp3) is 0.286. The van der Waals surface area contributed by atoms with E-state index in [1.54, 1.807) is 0 Å². The molecule has 114 valence electrons. The summed E-state index contributed by atoms with van der Waals surface area (Å²) in [6.07, 6.45) is 1.26. The van der Waals surface area contributed by atoms with Crippen LogP contribution in [0.15, 0.2) is 36.7 Å². The van der Waals surface area contributed by atoms with Gasteiger partial charge in [0.05, 0.1) is 4.92 Å². The number of benzene rings is 1. The molecule has 1 aromatic heterocycles. The first kappa shape index (κ1) is 14.5. The number of hydrogen-bond donors (Lipinski definition) is 0. The van der Waals surface area contributed by atoms with E-state index < -0.39 is 4.92 Å². The van der Waals surface area contributed by atoms with E-state index in [2.05, 4.69) is 27.0 Å². The Kier molecular flexibility index (Phi) is 4.06. The number of piperazine rings is 1. The molecule has 3 rings (SSSR count). The molecule has 1 fully saturated rings. The maximum Gasteiger partial charge on any atom is 0.348 e. The number of hydrogen-bond acceptors (Lipinski definition) is 6. The van der Waals surface area contributed by atoms with E-state index in [1.165, 1.54) is 6.33 Å². The molecule has 0 bridgehead atoms. The van der Waals surface area contributed by atoms with Crippen LogP contribution in [-0.2, 0) is 0 Å². The molecule has 7 nitrogen and oxygen atoms in total. The van der Waals surface area contributed by atoms with Gasteiger partial charge in [-0.25, -0.2) is 9.97 Å². The molecule has 0 aliphatic carbocycles. The zero-order valence-electron chi connectivity index (χ0n) is 11.7. The first-order chi connectivity index (χ1) is 10.7. The molecule has 1 saturated heterocycles. The zero-order valence-corrected chi connectivity index (χ0v) is 12.5. The minimum absolute atomic E-state index is 0.125. The molecule has 0 saturated carbocycles. The molecule has 2 aromatic rings. The Morgan fingerprint density at radius 2 is 1.68 bits per heavy atom. The third-order valence-electron chi connectivity index (χ3n) is 3.64. The second kappa shape index (κ2) is 6.15. The summed E-state index contributed by atoms with van der Waals surface area (Å²) in [6, 6.07) is 10.1. The first-order valence-electron chi connectivity index (χ1n) is 6.86. The van der Waals surface area contributed by atoms with Crippen LogP contribution in [0.25, 0.3) is 0 Å². The SMILES string of the molecule is O=[N+]([O-])c1c(Cl)ncnc1N1CCN(c2ccccc2)CC1. The standard InChI is InChI=1S/C14H14ClN5O2/c15-13-12(20(21)22)14(17-10-16-13)19-8-6-18(7-9-19)11-4-2-1-3-5-11/h1-5,10H,6-9H2. The number of nitro groups is 1. The molecule has 0 amide bonds. The Hall–Kier alpha value is -2.41. The van der Waals surface area contributed by atoms with Crippen LogP contribution in [0.3, 0.4) is 0 Å². The van der Waals surface area contributed by atoms with Crippen LogP contribution in [0.1, 0.15) is 0 Å². The number of anilines is 2. The van der Waals surface area contributed by atoms with E-state index in [9.17, 15) is 10.1 Å². The third kappa shape index (κ3) is 2.80. The quantitative estimate of drug-likeness (QED) is 0.491. The summed E-state index contributed by atoms with van der Waals surface area (Å²) in [5.74, 6) is 0.290. The van der Waals surface area contributed by atoms with Crippen LogP contribution in [0, 0.1) is 10.1 Å². The molecule has 0 radical (unpaired) electrons. The number of aromatic nitrogens is 2. The molecule has 0 unspecified atom stereocenters. The average Bonchev–Trinajstić information content (AvgIpc) is 2.55. The van der Waals surface area contributed by atoms with E-state index in [0.717, 1.165) is 18.8 Å². The van der Waals surface area contributed by atoms with Crippen molar-refractivity contribution in [1.29, 1.82) is 0 Å². The van der Waals surface area contributed by atoms with Gasteiger partial charge in [0, 0.05) is 31.9 Å². The normalized spacial score (nSPS) is 15.0.